The fraction of sp³-hybridized carbons (Fsp3) is 0.385. The van der Waals surface area contributed by atoms with Gasteiger partial charge in [0, 0.05) is 22.6 Å². The third kappa shape index (κ3) is 5.74. The predicted molar refractivity (Wildman–Crippen MR) is 77.1 cm³/mol. The Bertz CT molecular complexity index is 658. The Labute approximate surface area is 136 Å². The normalized spacial score (nSPS) is 11.3. The first-order valence-electron chi connectivity index (χ1n) is 6.44. The molecule has 0 aliphatic rings. The van der Waals surface area contributed by atoms with Gasteiger partial charge in [-0.1, -0.05) is 22.4 Å². The molecule has 0 saturated carbocycles. The molecule has 0 heterocycles. The molecule has 1 aromatic rings. The van der Waals surface area contributed by atoms with Crippen molar-refractivity contribution >= 4 is 37.9 Å². The summed E-state index contributed by atoms with van der Waals surface area (Å²) in [5, 5.41) is 21.1. The molecule has 0 atom stereocenters. The van der Waals surface area contributed by atoms with Gasteiger partial charge in [-0.25, -0.2) is 13.1 Å². The van der Waals surface area contributed by atoms with Crippen molar-refractivity contribution in [2.24, 2.45) is 0 Å². The molecule has 7 nitrogen and oxygen atoms in total. The Balaban J connectivity index is 2.61. The van der Waals surface area contributed by atoms with E-state index in [2.05, 4.69) is 20.7 Å². The SMILES string of the molecule is O=C([O-])CCCCCNS(=O)(=O)c1ccc(Br)c(C(=O)[O-])c1. The van der Waals surface area contributed by atoms with E-state index in [9.17, 15) is 28.2 Å². The molecule has 1 aromatic carbocycles. The number of sulfonamides is 1. The third-order valence-corrected chi connectivity index (χ3v) is 4.97. The molecule has 0 unspecified atom stereocenters. The van der Waals surface area contributed by atoms with E-state index in [1.54, 1.807) is 0 Å². The van der Waals surface area contributed by atoms with Crippen molar-refractivity contribution in [3.8, 4) is 0 Å². The van der Waals surface area contributed by atoms with E-state index in [4.69, 9.17) is 0 Å². The number of carbonyl (C=O) groups excluding carboxylic acids is 2. The third-order valence-electron chi connectivity index (χ3n) is 2.82. The van der Waals surface area contributed by atoms with Gasteiger partial charge in [-0.3, -0.25) is 0 Å². The first-order valence-corrected chi connectivity index (χ1v) is 8.72. The van der Waals surface area contributed by atoms with Gasteiger partial charge in [0.05, 0.1) is 10.9 Å². The van der Waals surface area contributed by atoms with Crippen LogP contribution in [0.25, 0.3) is 0 Å². The summed E-state index contributed by atoms with van der Waals surface area (Å²) < 4.78 is 26.6. The van der Waals surface area contributed by atoms with Crippen molar-refractivity contribution in [3.63, 3.8) is 0 Å². The summed E-state index contributed by atoms with van der Waals surface area (Å²) in [6.45, 7) is 0.131. The van der Waals surface area contributed by atoms with Gasteiger partial charge in [0.1, 0.15) is 0 Å². The van der Waals surface area contributed by atoms with Crippen LogP contribution in [0.3, 0.4) is 0 Å². The molecule has 0 spiro atoms. The fourth-order valence-electron chi connectivity index (χ4n) is 1.69. The van der Waals surface area contributed by atoms with Gasteiger partial charge in [-0.15, -0.1) is 0 Å². The van der Waals surface area contributed by atoms with Crippen LogP contribution in [0.15, 0.2) is 27.6 Å². The number of nitrogens with one attached hydrogen (secondary N) is 1. The average Bonchev–Trinajstić information content (AvgIpc) is 2.42. The lowest BCUT2D eigenvalue weighted by atomic mass is 10.2. The second-order valence-corrected chi connectivity index (χ2v) is 7.13. The Morgan fingerprint density at radius 2 is 1.82 bits per heavy atom. The summed E-state index contributed by atoms with van der Waals surface area (Å²) in [5.74, 6) is -2.61. The molecular formula is C13H14BrNO6S-2. The second kappa shape index (κ2) is 8.25. The number of hydrogen-bond donors (Lipinski definition) is 1. The van der Waals surface area contributed by atoms with Crippen LogP contribution in [0.5, 0.6) is 0 Å². The molecule has 1 rings (SSSR count). The number of carboxylic acid groups (broad SMARTS) is 2. The maximum absolute atomic E-state index is 12.0. The van der Waals surface area contributed by atoms with Crippen LogP contribution in [0.4, 0.5) is 0 Å². The van der Waals surface area contributed by atoms with E-state index in [1.807, 2.05) is 0 Å². The van der Waals surface area contributed by atoms with Gasteiger partial charge in [-0.05, 0) is 37.5 Å². The average molecular weight is 392 g/mol. The zero-order chi connectivity index (χ0) is 16.8. The fourth-order valence-corrected chi connectivity index (χ4v) is 3.20. The summed E-state index contributed by atoms with van der Waals surface area (Å²) in [7, 11) is -3.83. The highest BCUT2D eigenvalue weighted by molar-refractivity contribution is 9.10. The lowest BCUT2D eigenvalue weighted by Gasteiger charge is -2.10. The molecule has 0 aliphatic heterocycles. The van der Waals surface area contributed by atoms with Crippen LogP contribution in [-0.2, 0) is 14.8 Å². The summed E-state index contributed by atoms with van der Waals surface area (Å²) in [5.41, 5.74) is -0.253. The number of benzene rings is 1. The molecular weight excluding hydrogens is 378 g/mol. The standard InChI is InChI=1S/C13H16BrNO6S/c14-11-6-5-9(8-10(11)13(18)19)22(20,21)15-7-3-1-2-4-12(16)17/h5-6,8,15H,1-4,7H2,(H,16,17)(H,18,19)/p-2. The smallest absolute Gasteiger partial charge is 0.240 e. The zero-order valence-electron chi connectivity index (χ0n) is 11.5. The predicted octanol–water partition coefficient (Wildman–Crippen LogP) is -0.599. The van der Waals surface area contributed by atoms with Crippen LogP contribution in [-0.4, -0.2) is 26.9 Å². The Morgan fingerprint density at radius 1 is 1.14 bits per heavy atom. The molecule has 0 amide bonds. The van der Waals surface area contributed by atoms with E-state index in [1.165, 1.54) is 12.1 Å². The maximum Gasteiger partial charge on any atom is 0.240 e. The van der Waals surface area contributed by atoms with Crippen molar-refractivity contribution in [2.45, 2.75) is 30.6 Å². The van der Waals surface area contributed by atoms with Crippen LogP contribution in [0.2, 0.25) is 0 Å². The first kappa shape index (κ1) is 18.6. The number of aromatic carboxylic acids is 1. The van der Waals surface area contributed by atoms with E-state index < -0.39 is 22.0 Å². The topological polar surface area (TPSA) is 126 Å². The minimum Gasteiger partial charge on any atom is -0.550 e. The summed E-state index contributed by atoms with van der Waals surface area (Å²) in [6.07, 6.45) is 1.36. The Hall–Kier alpha value is -1.45. The largest absolute Gasteiger partial charge is 0.550 e. The quantitative estimate of drug-likeness (QED) is 0.560. The molecule has 1 N–H and O–H groups in total. The first-order chi connectivity index (χ1) is 10.2. The molecule has 9 heteroatoms. The molecule has 0 fully saturated rings. The number of carbonyl (C=O) groups is 2. The van der Waals surface area contributed by atoms with Crippen molar-refractivity contribution < 1.29 is 28.2 Å². The van der Waals surface area contributed by atoms with Crippen LogP contribution < -0.4 is 14.9 Å². The van der Waals surface area contributed by atoms with Crippen molar-refractivity contribution in [1.82, 2.24) is 4.72 Å². The van der Waals surface area contributed by atoms with E-state index in [0.717, 1.165) is 6.07 Å². The van der Waals surface area contributed by atoms with E-state index in [-0.39, 0.29) is 27.9 Å². The highest BCUT2D eigenvalue weighted by atomic mass is 79.9. The number of rotatable bonds is 9. The van der Waals surface area contributed by atoms with Gasteiger partial charge >= 0.3 is 0 Å². The number of carboxylic acids is 2. The van der Waals surface area contributed by atoms with Gasteiger partial charge in [0.2, 0.25) is 10.0 Å². The highest BCUT2D eigenvalue weighted by Crippen LogP contribution is 2.20. The Kier molecular flexibility index (Phi) is 6.98. The summed E-state index contributed by atoms with van der Waals surface area (Å²) >= 11 is 3.00. The lowest BCUT2D eigenvalue weighted by Crippen LogP contribution is -2.27. The highest BCUT2D eigenvalue weighted by Gasteiger charge is 2.15. The minimum absolute atomic E-state index is 0.0611. The van der Waals surface area contributed by atoms with E-state index in [0.29, 0.717) is 19.3 Å². The lowest BCUT2D eigenvalue weighted by molar-refractivity contribution is -0.305. The maximum atomic E-state index is 12.0. The Morgan fingerprint density at radius 3 is 2.41 bits per heavy atom. The van der Waals surface area contributed by atoms with E-state index >= 15 is 0 Å². The monoisotopic (exact) mass is 391 g/mol. The summed E-state index contributed by atoms with van der Waals surface area (Å²) in [6, 6.07) is 3.60. The molecule has 0 radical (unpaired) electrons. The van der Waals surface area contributed by atoms with Crippen LogP contribution in [0, 0.1) is 0 Å². The van der Waals surface area contributed by atoms with Crippen LogP contribution >= 0.6 is 15.9 Å². The van der Waals surface area contributed by atoms with Crippen molar-refractivity contribution in [1.29, 1.82) is 0 Å². The molecule has 22 heavy (non-hydrogen) atoms. The van der Waals surface area contributed by atoms with Crippen LogP contribution in [0.1, 0.15) is 36.0 Å². The van der Waals surface area contributed by atoms with Crippen molar-refractivity contribution in [3.05, 3.63) is 28.2 Å². The zero-order valence-corrected chi connectivity index (χ0v) is 13.9. The summed E-state index contributed by atoms with van der Waals surface area (Å²) in [4.78, 5) is 20.9. The molecule has 0 bridgehead atoms. The number of aliphatic carboxylic acids is 1. The van der Waals surface area contributed by atoms with Gasteiger partial charge in [-0.2, -0.15) is 0 Å². The molecule has 0 aromatic heterocycles. The molecule has 122 valence electrons. The molecule has 0 aliphatic carbocycles. The van der Waals surface area contributed by atoms with Gasteiger partial charge in [0.25, 0.3) is 0 Å². The number of unbranched alkanes of at least 4 members (excludes halogenated alkanes) is 2. The van der Waals surface area contributed by atoms with Gasteiger partial charge in [0.15, 0.2) is 0 Å². The number of halogens is 1. The minimum atomic E-state index is -3.83. The van der Waals surface area contributed by atoms with Gasteiger partial charge < -0.3 is 19.8 Å². The second-order valence-electron chi connectivity index (χ2n) is 4.51. The van der Waals surface area contributed by atoms with Crippen molar-refractivity contribution in [2.75, 3.05) is 6.54 Å². The molecule has 0 saturated heterocycles. The number of hydrogen-bond acceptors (Lipinski definition) is 6.